The van der Waals surface area contributed by atoms with Gasteiger partial charge in [-0.15, -0.1) is 0 Å². The Balaban J connectivity index is 1.56. The van der Waals surface area contributed by atoms with Crippen LogP contribution < -0.4 is 0 Å². The molecular weight excluding hydrogens is 388 g/mol. The molecule has 0 spiro atoms. The normalized spacial score (nSPS) is 55.2. The number of aliphatic hydroxyl groups is 4. The van der Waals surface area contributed by atoms with Gasteiger partial charge in [-0.3, -0.25) is 0 Å². The van der Waals surface area contributed by atoms with Crippen molar-refractivity contribution in [3.8, 4) is 0 Å². The third-order valence-electron chi connectivity index (χ3n) is 9.94. The summed E-state index contributed by atoms with van der Waals surface area (Å²) in [6.45, 7) is 2.11. The lowest BCUT2D eigenvalue weighted by Crippen LogP contribution is -2.71. The number of rotatable bonds is 2. The van der Waals surface area contributed by atoms with Crippen molar-refractivity contribution in [1.29, 1.82) is 0 Å². The third-order valence-corrected chi connectivity index (χ3v) is 9.94. The van der Waals surface area contributed by atoms with Gasteiger partial charge in [0.2, 0.25) is 0 Å². The van der Waals surface area contributed by atoms with E-state index in [2.05, 4.69) is 0 Å². The van der Waals surface area contributed by atoms with Crippen molar-refractivity contribution in [2.45, 2.75) is 81.7 Å². The monoisotopic (exact) mass is 420 g/mol. The fraction of sp³-hybridized carbons (Fsp3) is 0.826. The second-order valence-corrected chi connectivity index (χ2v) is 10.7. The van der Waals surface area contributed by atoms with Crippen LogP contribution in [-0.4, -0.2) is 62.7 Å². The average molecular weight is 421 g/mol. The van der Waals surface area contributed by atoms with Gasteiger partial charge < -0.3 is 30.0 Å². The molecule has 7 nitrogen and oxygen atoms in total. The van der Waals surface area contributed by atoms with Gasteiger partial charge in [0, 0.05) is 17.9 Å². The van der Waals surface area contributed by atoms with Crippen LogP contribution in [0.4, 0.5) is 0 Å². The van der Waals surface area contributed by atoms with Gasteiger partial charge >= 0.3 is 5.97 Å². The summed E-state index contributed by atoms with van der Waals surface area (Å²) in [4.78, 5) is 24.2. The molecule has 0 saturated heterocycles. The van der Waals surface area contributed by atoms with Gasteiger partial charge in [-0.2, -0.15) is 0 Å². The first kappa shape index (κ1) is 20.6. The van der Waals surface area contributed by atoms with Gasteiger partial charge in [-0.05, 0) is 68.3 Å². The number of aliphatic hydroxyl groups excluding tert-OH is 2. The molecule has 4 saturated carbocycles. The molecule has 0 radical (unpaired) electrons. The molecule has 9 unspecified atom stereocenters. The predicted octanol–water partition coefficient (Wildman–Crippen LogP) is 0.869. The predicted molar refractivity (Wildman–Crippen MR) is 105 cm³/mol. The smallest absolute Gasteiger partial charge is 0.331 e. The first-order valence-electron chi connectivity index (χ1n) is 11.3. The van der Waals surface area contributed by atoms with E-state index in [1.165, 1.54) is 6.08 Å². The van der Waals surface area contributed by atoms with Gasteiger partial charge in [0.15, 0.2) is 0 Å². The van der Waals surface area contributed by atoms with Gasteiger partial charge in [-0.25, -0.2) is 4.79 Å². The molecule has 30 heavy (non-hydrogen) atoms. The van der Waals surface area contributed by atoms with Crippen molar-refractivity contribution in [3.63, 3.8) is 0 Å². The summed E-state index contributed by atoms with van der Waals surface area (Å²) < 4.78 is 5.11. The molecule has 9 atom stereocenters. The molecule has 5 rings (SSSR count). The molecule has 0 bridgehead atoms. The Morgan fingerprint density at radius 3 is 2.53 bits per heavy atom. The maximum absolute atomic E-state index is 12.5. The molecule has 4 aliphatic carbocycles. The van der Waals surface area contributed by atoms with Gasteiger partial charge in [0.1, 0.15) is 12.9 Å². The molecule has 0 amide bonds. The standard InChI is InChI=1S/C23H32O7/c1-20-15(13-8-19(27)30-11-13)4-7-23(20,29)16-3-6-22(28)10-14(25)2-5-21(22,12-24)17(16)9-18(20)26/h8,12,14-18,25-26,28-29H,2-7,9-11H2,1H3. The Kier molecular flexibility index (Phi) is 4.38. The second-order valence-electron chi connectivity index (χ2n) is 10.7. The van der Waals surface area contributed by atoms with Crippen molar-refractivity contribution in [2.75, 3.05) is 6.61 Å². The average Bonchev–Trinajstić information content (AvgIpc) is 3.23. The number of hydrogen-bond donors (Lipinski definition) is 4. The Morgan fingerprint density at radius 2 is 1.87 bits per heavy atom. The number of carbonyl (C=O) groups excluding carboxylic acids is 2. The lowest BCUT2D eigenvalue weighted by Gasteiger charge is -2.66. The summed E-state index contributed by atoms with van der Waals surface area (Å²) in [7, 11) is 0. The minimum Gasteiger partial charge on any atom is -0.458 e. The topological polar surface area (TPSA) is 124 Å². The molecule has 166 valence electrons. The number of aldehydes is 1. The lowest BCUT2D eigenvalue weighted by atomic mass is 9.41. The number of esters is 1. The van der Waals surface area contributed by atoms with Crippen molar-refractivity contribution in [1.82, 2.24) is 0 Å². The highest BCUT2D eigenvalue weighted by molar-refractivity contribution is 5.85. The summed E-state index contributed by atoms with van der Waals surface area (Å²) in [6.07, 6.45) is 4.15. The van der Waals surface area contributed by atoms with Crippen molar-refractivity contribution in [3.05, 3.63) is 11.6 Å². The van der Waals surface area contributed by atoms with Crippen LogP contribution in [0, 0.1) is 28.6 Å². The van der Waals surface area contributed by atoms with Crippen LogP contribution in [0.3, 0.4) is 0 Å². The second kappa shape index (κ2) is 6.37. The molecule has 7 heteroatoms. The molecule has 1 aliphatic heterocycles. The van der Waals surface area contributed by atoms with E-state index in [-0.39, 0.29) is 36.8 Å². The van der Waals surface area contributed by atoms with Crippen molar-refractivity contribution in [2.24, 2.45) is 28.6 Å². The fourth-order valence-corrected chi connectivity index (χ4v) is 8.33. The fourth-order valence-electron chi connectivity index (χ4n) is 8.33. The summed E-state index contributed by atoms with van der Waals surface area (Å²) in [5, 5.41) is 45.2. The van der Waals surface area contributed by atoms with Crippen LogP contribution in [0.25, 0.3) is 0 Å². The van der Waals surface area contributed by atoms with Crippen LogP contribution in [0.2, 0.25) is 0 Å². The molecular formula is C23H32O7. The first-order valence-corrected chi connectivity index (χ1v) is 11.3. The van der Waals surface area contributed by atoms with Crippen LogP contribution >= 0.6 is 0 Å². The first-order chi connectivity index (χ1) is 14.1. The van der Waals surface area contributed by atoms with Crippen LogP contribution in [0.5, 0.6) is 0 Å². The molecule has 5 aliphatic rings. The summed E-state index contributed by atoms with van der Waals surface area (Å²) in [5.74, 6) is -1.11. The van der Waals surface area contributed by atoms with E-state index in [1.54, 1.807) is 0 Å². The summed E-state index contributed by atoms with van der Waals surface area (Å²) >= 11 is 0. The number of cyclic esters (lactones) is 1. The molecule has 0 aromatic rings. The minimum atomic E-state index is -1.30. The van der Waals surface area contributed by atoms with E-state index in [4.69, 9.17) is 4.74 Å². The third kappa shape index (κ3) is 2.30. The number of ether oxygens (including phenoxy) is 1. The quantitative estimate of drug-likeness (QED) is 0.386. The van der Waals surface area contributed by atoms with E-state index < -0.39 is 34.2 Å². The van der Waals surface area contributed by atoms with E-state index in [0.29, 0.717) is 44.9 Å². The Labute approximate surface area is 176 Å². The zero-order valence-electron chi connectivity index (χ0n) is 17.4. The SMILES string of the molecule is CC12C(O)CC3C(CCC4(O)CC(O)CCC34C=O)C1(O)CCC2C1=CC(=O)OC1. The molecule has 0 aromatic heterocycles. The van der Waals surface area contributed by atoms with E-state index in [0.717, 1.165) is 11.9 Å². The largest absolute Gasteiger partial charge is 0.458 e. The van der Waals surface area contributed by atoms with Crippen LogP contribution in [-0.2, 0) is 14.3 Å². The number of carbonyl (C=O) groups is 2. The van der Waals surface area contributed by atoms with Crippen molar-refractivity contribution >= 4 is 12.3 Å². The maximum Gasteiger partial charge on any atom is 0.331 e. The molecule has 1 heterocycles. The van der Waals surface area contributed by atoms with E-state index in [9.17, 15) is 30.0 Å². The zero-order chi connectivity index (χ0) is 21.5. The Bertz CT molecular complexity index is 809. The van der Waals surface area contributed by atoms with Gasteiger partial charge in [0.05, 0.1) is 28.8 Å². The van der Waals surface area contributed by atoms with Crippen LogP contribution in [0.15, 0.2) is 11.6 Å². The molecule has 4 fully saturated rings. The highest BCUT2D eigenvalue weighted by Gasteiger charge is 2.73. The number of hydrogen-bond acceptors (Lipinski definition) is 7. The van der Waals surface area contributed by atoms with E-state index in [1.807, 2.05) is 6.92 Å². The Hall–Kier alpha value is -1.28. The number of fused-ring (bicyclic) bond motifs is 5. The summed E-state index contributed by atoms with van der Waals surface area (Å²) in [5.41, 5.74) is -3.57. The summed E-state index contributed by atoms with van der Waals surface area (Å²) in [6, 6.07) is 0. The minimum absolute atomic E-state index is 0.161. The molecule has 4 N–H and O–H groups in total. The highest BCUT2D eigenvalue weighted by Crippen LogP contribution is 2.70. The van der Waals surface area contributed by atoms with Crippen molar-refractivity contribution < 1.29 is 34.8 Å². The van der Waals surface area contributed by atoms with Gasteiger partial charge in [-0.1, -0.05) is 6.92 Å². The Morgan fingerprint density at radius 1 is 1.10 bits per heavy atom. The highest BCUT2D eigenvalue weighted by atomic mass is 16.5. The van der Waals surface area contributed by atoms with Crippen LogP contribution in [0.1, 0.15) is 58.3 Å². The molecule has 0 aromatic carbocycles. The zero-order valence-corrected chi connectivity index (χ0v) is 17.4. The maximum atomic E-state index is 12.5. The lowest BCUT2D eigenvalue weighted by molar-refractivity contribution is -0.270. The van der Waals surface area contributed by atoms with E-state index >= 15 is 0 Å². The van der Waals surface area contributed by atoms with Gasteiger partial charge in [0.25, 0.3) is 0 Å².